The Morgan fingerprint density at radius 1 is 0.542 bits per heavy atom. The maximum Gasteiger partial charge on any atom is 0.512 e. The Morgan fingerprint density at radius 2 is 0.979 bits per heavy atom. The fraction of sp³-hybridized carbons (Fsp3) is 0.156. The SMILES string of the molecule is N#C/C(c1nc2ccc(Cl)cc2o1)=c1\c2c(C3CCCCC3)n(B(c3ccccc3)c3ccccc3)/c(=C(/C#N)c3nc4ccc(Cl)cc4o3)c2c(-c2cccc(OS(=O)(=O)C(F)(F)C(F)(F)C(F)(F)S(=O)(=O)NS(=O)(=O)C(F)(F)F)c2)n1B(c1ccccc1)c1ccccc1. The number of hydrogen-bond donors (Lipinski definition) is 1. The lowest BCUT2D eigenvalue weighted by molar-refractivity contribution is -0.245. The minimum atomic E-state index is -8.16. The van der Waals surface area contributed by atoms with Crippen molar-refractivity contribution < 1.29 is 77.8 Å². The monoisotopic (exact) mass is 1410 g/mol. The van der Waals surface area contributed by atoms with Gasteiger partial charge in [-0.1, -0.05) is 202 Å². The van der Waals surface area contributed by atoms with Crippen LogP contribution in [0.5, 0.6) is 5.75 Å². The smallest absolute Gasteiger partial charge is 0.435 e. The molecular formula is C64H42B2Cl2F9N7O9S3. The first-order chi connectivity index (χ1) is 45.5. The van der Waals surface area contributed by atoms with E-state index in [-0.39, 0.29) is 87.9 Å². The maximum atomic E-state index is 16.2. The second kappa shape index (κ2) is 25.0. The highest BCUT2D eigenvalue weighted by Gasteiger charge is 2.83. The number of rotatable bonds is 18. The Morgan fingerprint density at radius 3 is 1.42 bits per heavy atom. The molecule has 488 valence electrons. The molecule has 0 amide bonds. The van der Waals surface area contributed by atoms with Gasteiger partial charge in [0.05, 0.1) is 10.7 Å². The van der Waals surface area contributed by atoms with Crippen LogP contribution in [0.4, 0.5) is 39.5 Å². The number of sulfonamides is 2. The normalized spacial score (nSPS) is 14.6. The van der Waals surface area contributed by atoms with E-state index in [0.29, 0.717) is 65.4 Å². The average molecular weight is 1410 g/mol. The van der Waals surface area contributed by atoms with Crippen molar-refractivity contribution in [3.63, 3.8) is 0 Å². The Kier molecular flexibility index (Phi) is 17.4. The van der Waals surface area contributed by atoms with E-state index < -0.39 is 81.6 Å². The number of alkyl halides is 9. The van der Waals surface area contributed by atoms with Crippen molar-refractivity contribution in [2.24, 2.45) is 0 Å². The van der Waals surface area contributed by atoms with E-state index >= 15 is 26.3 Å². The number of halogens is 11. The highest BCUT2D eigenvalue weighted by Crippen LogP contribution is 2.52. The molecule has 1 N–H and O–H groups in total. The first-order valence-electron chi connectivity index (χ1n) is 28.7. The van der Waals surface area contributed by atoms with Crippen molar-refractivity contribution in [2.45, 2.75) is 60.0 Å². The largest absolute Gasteiger partial charge is 0.512 e. The summed E-state index contributed by atoms with van der Waals surface area (Å²) < 4.78 is 231. The van der Waals surface area contributed by atoms with Crippen LogP contribution in [0.2, 0.25) is 10.0 Å². The zero-order valence-electron chi connectivity index (χ0n) is 48.8. The Hall–Kier alpha value is -9.29. The zero-order chi connectivity index (χ0) is 68.5. The van der Waals surface area contributed by atoms with Crippen molar-refractivity contribution in [1.29, 1.82) is 10.5 Å². The lowest BCUT2D eigenvalue weighted by Gasteiger charge is -2.31. The van der Waals surface area contributed by atoms with Gasteiger partial charge >= 0.3 is 55.8 Å². The van der Waals surface area contributed by atoms with Gasteiger partial charge in [-0.25, -0.2) is 26.8 Å². The van der Waals surface area contributed by atoms with E-state index in [9.17, 15) is 48.9 Å². The Labute approximate surface area is 550 Å². The molecule has 1 saturated carbocycles. The summed E-state index contributed by atoms with van der Waals surface area (Å²) in [5.41, 5.74) is -4.60. The Bertz CT molecular complexity index is 5280. The molecule has 96 heavy (non-hydrogen) atoms. The summed E-state index contributed by atoms with van der Waals surface area (Å²) in [6, 6.07) is 52.5. The third-order valence-electron chi connectivity index (χ3n) is 16.2. The molecule has 0 radical (unpaired) electrons. The highest BCUT2D eigenvalue weighted by atomic mass is 35.5. The van der Waals surface area contributed by atoms with Gasteiger partial charge in [-0.2, -0.15) is 58.5 Å². The molecule has 12 rings (SSSR count). The quantitative estimate of drug-likeness (QED) is 0.0479. The van der Waals surface area contributed by atoms with Crippen LogP contribution in [0.15, 0.2) is 191 Å². The molecular weight excluding hydrogens is 1370 g/mol. The molecule has 0 aliphatic heterocycles. The van der Waals surface area contributed by atoms with Gasteiger partial charge in [-0.15, -0.1) is 0 Å². The summed E-state index contributed by atoms with van der Waals surface area (Å²) in [4.78, 5) is 9.67. The third-order valence-corrected chi connectivity index (χ3v) is 21.3. The van der Waals surface area contributed by atoms with Gasteiger partial charge in [0.25, 0.3) is 10.0 Å². The average Bonchev–Trinajstić information content (AvgIpc) is 1.49. The predicted molar refractivity (Wildman–Crippen MR) is 343 cm³/mol. The van der Waals surface area contributed by atoms with Crippen LogP contribution in [0.1, 0.15) is 55.5 Å². The van der Waals surface area contributed by atoms with Crippen molar-refractivity contribution in [2.75, 3.05) is 0 Å². The molecule has 4 aromatic heterocycles. The molecule has 1 aliphatic rings. The predicted octanol–water partition coefficient (Wildman–Crippen LogP) is 10.8. The van der Waals surface area contributed by atoms with Crippen LogP contribution in [0.25, 0.3) is 55.4 Å². The maximum absolute atomic E-state index is 16.2. The van der Waals surface area contributed by atoms with Gasteiger partial charge in [0.2, 0.25) is 11.8 Å². The first-order valence-corrected chi connectivity index (χ1v) is 33.9. The summed E-state index contributed by atoms with van der Waals surface area (Å²) in [6.07, 6.45) is 3.01. The van der Waals surface area contributed by atoms with Crippen molar-refractivity contribution in [3.05, 3.63) is 220 Å². The van der Waals surface area contributed by atoms with E-state index in [1.807, 2.05) is 28.7 Å². The van der Waals surface area contributed by atoms with Gasteiger partial charge in [0.15, 0.2) is 11.2 Å². The molecule has 0 saturated heterocycles. The van der Waals surface area contributed by atoms with Gasteiger partial charge < -0.3 is 22.0 Å². The minimum Gasteiger partial charge on any atom is -0.435 e. The topological polar surface area (TPSA) is 233 Å². The molecule has 0 bridgehead atoms. The number of nitrogens with one attached hydrogen (secondary N) is 1. The van der Waals surface area contributed by atoms with Crippen LogP contribution in [-0.4, -0.2) is 79.8 Å². The summed E-state index contributed by atoms with van der Waals surface area (Å²) in [5.74, 6) is -10.4. The summed E-state index contributed by atoms with van der Waals surface area (Å²) >= 11 is 13.0. The van der Waals surface area contributed by atoms with Crippen LogP contribution in [-0.2, 0) is 30.2 Å². The third kappa shape index (κ3) is 11.5. The summed E-state index contributed by atoms with van der Waals surface area (Å²) in [6.45, 7) is -2.17. The lowest BCUT2D eigenvalue weighted by atomic mass is 9.49. The molecule has 1 fully saturated rings. The number of hydrogen-bond acceptors (Lipinski definition) is 13. The van der Waals surface area contributed by atoms with Crippen molar-refractivity contribution >= 4 is 133 Å². The van der Waals surface area contributed by atoms with E-state index in [1.165, 1.54) is 30.3 Å². The fourth-order valence-corrected chi connectivity index (χ4v) is 15.8. The number of nitrogens with zero attached hydrogens (tertiary/aromatic N) is 6. The second-order valence-electron chi connectivity index (χ2n) is 22.1. The molecule has 11 aromatic rings. The molecule has 4 heterocycles. The Balaban J connectivity index is 1.30. The molecule has 0 spiro atoms. The van der Waals surface area contributed by atoms with Crippen LogP contribution >= 0.6 is 23.2 Å². The van der Waals surface area contributed by atoms with Crippen molar-refractivity contribution in [3.8, 4) is 29.1 Å². The minimum absolute atomic E-state index is 0.00562. The van der Waals surface area contributed by atoms with E-state index in [2.05, 4.69) is 16.3 Å². The fourth-order valence-electron chi connectivity index (χ4n) is 12.1. The van der Waals surface area contributed by atoms with Crippen molar-refractivity contribution in [1.82, 2.24) is 23.1 Å². The van der Waals surface area contributed by atoms with Crippen LogP contribution in [0.3, 0.4) is 0 Å². The van der Waals surface area contributed by atoms with E-state index in [0.717, 1.165) is 12.5 Å². The van der Waals surface area contributed by atoms with Crippen LogP contribution in [0, 0.1) is 22.7 Å². The molecule has 0 atom stereocenters. The van der Waals surface area contributed by atoms with E-state index in [4.69, 9.17) is 42.0 Å². The molecule has 16 nitrogen and oxygen atoms in total. The first kappa shape index (κ1) is 66.7. The van der Waals surface area contributed by atoms with Gasteiger partial charge in [-0.05, 0) is 55.2 Å². The number of aromatic nitrogens is 4. The number of benzene rings is 7. The molecule has 0 unspecified atom stereocenters. The van der Waals surface area contributed by atoms with Crippen LogP contribution < -0.4 is 40.9 Å². The van der Waals surface area contributed by atoms with Gasteiger partial charge in [-0.3, -0.25) is 0 Å². The lowest BCUT2D eigenvalue weighted by Crippen LogP contribution is -2.64. The van der Waals surface area contributed by atoms with Gasteiger partial charge in [0, 0.05) is 49.9 Å². The molecule has 7 aromatic carbocycles. The zero-order valence-corrected chi connectivity index (χ0v) is 52.8. The van der Waals surface area contributed by atoms with E-state index in [1.54, 1.807) is 114 Å². The number of nitriles is 2. The van der Waals surface area contributed by atoms with Gasteiger partial charge in [0.1, 0.15) is 40.1 Å². The number of fused-ring (bicyclic) bond motifs is 3. The molecule has 32 heteroatoms. The summed E-state index contributed by atoms with van der Waals surface area (Å²) in [5, 5.41) is 9.79. The highest BCUT2D eigenvalue weighted by molar-refractivity contribution is 8.05. The summed E-state index contributed by atoms with van der Waals surface area (Å²) in [7, 11) is -23.5. The second-order valence-corrected chi connectivity index (χ2v) is 28.3. The number of oxazole rings is 2. The standard InChI is InChI=1S/C64H42B2Cl2F9N7O9S3/c67-44-29-31-49-51(34-44)91-59(80-49)47(36-78)57-53-54(58(48(37-79)60-81-50-32-30-45(68)35-52(50)92-60)83(55(53)38-17-6-1-7-18-38)65(40-20-8-2-9-21-40)41-22-10-3-11-23-41)56(84(57)66(42-24-12-4-13-25-42)43-26-14-5-15-27-43)39-19-16-28-46(33-39)93-96(89,90)63(73,74)61(69,70)62(71,72)94(85,86)82-95(87,88)64(75,76)77/h2-5,8-16,19-35,38,82H,1,6-7,17-18H2/b57-47-,58-48-. The molecule has 1 aliphatic carbocycles.